The Morgan fingerprint density at radius 1 is 1.33 bits per heavy atom. The molecule has 0 unspecified atom stereocenters. The molecule has 0 fully saturated rings. The van der Waals surface area contributed by atoms with Crippen LogP contribution in [0.3, 0.4) is 0 Å². The highest BCUT2D eigenvalue weighted by atomic mass is 79.9. The van der Waals surface area contributed by atoms with Gasteiger partial charge in [-0.3, -0.25) is 0 Å². The van der Waals surface area contributed by atoms with Gasteiger partial charge in [-0.05, 0) is 40.0 Å². The molecule has 0 amide bonds. The summed E-state index contributed by atoms with van der Waals surface area (Å²) in [4.78, 5) is 4.44. The Bertz CT molecular complexity index is 602. The van der Waals surface area contributed by atoms with E-state index in [2.05, 4.69) is 33.3 Å². The standard InChI is InChI=1S/C12H12BrCl2N3/c1-2-3-6-4-7-5-8(13)9(14)10(15)11(7)17-12(6)18-16/h4-5H,2-3,16H2,1H3,(H,17,18). The summed E-state index contributed by atoms with van der Waals surface area (Å²) < 4.78 is 0.763. The second-order valence-corrected chi connectivity index (χ2v) is 5.56. The maximum atomic E-state index is 6.20. The molecular formula is C12H12BrCl2N3. The molecule has 2 aromatic rings. The molecule has 3 nitrogen and oxygen atoms in total. The molecule has 2 rings (SSSR count). The molecule has 96 valence electrons. The van der Waals surface area contributed by atoms with Crippen LogP contribution >= 0.6 is 39.1 Å². The zero-order chi connectivity index (χ0) is 13.3. The minimum absolute atomic E-state index is 0.431. The van der Waals surface area contributed by atoms with Crippen molar-refractivity contribution in [1.82, 2.24) is 4.98 Å². The van der Waals surface area contributed by atoms with Gasteiger partial charge in [-0.2, -0.15) is 0 Å². The SMILES string of the molecule is CCCc1cc2cc(Br)c(Cl)c(Cl)c2nc1NN. The molecule has 0 atom stereocenters. The number of nitrogens with zero attached hydrogens (tertiary/aromatic N) is 1. The number of nitrogens with one attached hydrogen (secondary N) is 1. The number of nitrogen functional groups attached to an aromatic ring is 1. The molecule has 1 aromatic carbocycles. The second kappa shape index (κ2) is 5.61. The lowest BCUT2D eigenvalue weighted by molar-refractivity contribution is 0.917. The average Bonchev–Trinajstić information content (AvgIpc) is 2.36. The molecule has 0 aliphatic carbocycles. The topological polar surface area (TPSA) is 50.9 Å². The number of pyridine rings is 1. The Balaban J connectivity index is 2.75. The molecule has 3 N–H and O–H groups in total. The molecule has 0 radical (unpaired) electrons. The number of aromatic nitrogens is 1. The van der Waals surface area contributed by atoms with Gasteiger partial charge in [-0.25, -0.2) is 10.8 Å². The Hall–Kier alpha value is -0.550. The van der Waals surface area contributed by atoms with E-state index in [1.807, 2.05) is 12.1 Å². The summed E-state index contributed by atoms with van der Waals surface area (Å²) >= 11 is 15.7. The second-order valence-electron chi connectivity index (χ2n) is 3.95. The third-order valence-electron chi connectivity index (χ3n) is 2.68. The fraction of sp³-hybridized carbons (Fsp3) is 0.250. The van der Waals surface area contributed by atoms with Gasteiger partial charge >= 0.3 is 0 Å². The van der Waals surface area contributed by atoms with E-state index in [1.165, 1.54) is 0 Å². The van der Waals surface area contributed by atoms with Crippen molar-refractivity contribution in [2.24, 2.45) is 5.84 Å². The van der Waals surface area contributed by atoms with E-state index in [0.29, 0.717) is 21.4 Å². The molecule has 18 heavy (non-hydrogen) atoms. The van der Waals surface area contributed by atoms with Gasteiger partial charge in [0.25, 0.3) is 0 Å². The molecule has 0 aliphatic heterocycles. The third kappa shape index (κ3) is 2.43. The predicted octanol–water partition coefficient (Wildman–Crippen LogP) is 4.54. The van der Waals surface area contributed by atoms with Gasteiger partial charge in [0.1, 0.15) is 5.82 Å². The van der Waals surface area contributed by atoms with Crippen molar-refractivity contribution in [3.8, 4) is 0 Å². The zero-order valence-electron chi connectivity index (χ0n) is 9.73. The quantitative estimate of drug-likeness (QED) is 0.486. The lowest BCUT2D eigenvalue weighted by atomic mass is 10.1. The third-order valence-corrected chi connectivity index (χ3v) is 4.39. The van der Waals surface area contributed by atoms with E-state index in [-0.39, 0.29) is 0 Å². The highest BCUT2D eigenvalue weighted by Gasteiger charge is 2.13. The van der Waals surface area contributed by atoms with Crippen LogP contribution in [0.25, 0.3) is 10.9 Å². The number of hydrazine groups is 1. The van der Waals surface area contributed by atoms with E-state index < -0.39 is 0 Å². The van der Waals surface area contributed by atoms with Gasteiger partial charge in [-0.15, -0.1) is 0 Å². The maximum Gasteiger partial charge on any atom is 0.143 e. The molecule has 1 heterocycles. The van der Waals surface area contributed by atoms with Crippen molar-refractivity contribution in [3.63, 3.8) is 0 Å². The van der Waals surface area contributed by atoms with Crippen LogP contribution in [0.2, 0.25) is 10.0 Å². The molecule has 0 saturated carbocycles. The highest BCUT2D eigenvalue weighted by Crippen LogP contribution is 2.37. The molecule has 0 aliphatic rings. The van der Waals surface area contributed by atoms with Crippen molar-refractivity contribution in [2.75, 3.05) is 5.43 Å². The summed E-state index contributed by atoms with van der Waals surface area (Å²) in [5.74, 6) is 6.14. The number of nitrogens with two attached hydrogens (primary N) is 1. The monoisotopic (exact) mass is 347 g/mol. The van der Waals surface area contributed by atoms with E-state index in [9.17, 15) is 0 Å². The van der Waals surface area contributed by atoms with Crippen LogP contribution in [-0.2, 0) is 6.42 Å². The number of benzene rings is 1. The minimum atomic E-state index is 0.431. The van der Waals surface area contributed by atoms with Gasteiger partial charge in [0.15, 0.2) is 0 Å². The first kappa shape index (κ1) is 13.9. The molecular weight excluding hydrogens is 337 g/mol. The highest BCUT2D eigenvalue weighted by molar-refractivity contribution is 9.10. The molecule has 0 spiro atoms. The van der Waals surface area contributed by atoms with Crippen LogP contribution in [0, 0.1) is 0 Å². The largest absolute Gasteiger partial charge is 0.308 e. The van der Waals surface area contributed by atoms with Crippen LogP contribution in [-0.4, -0.2) is 4.98 Å². The Labute approximate surface area is 124 Å². The van der Waals surface area contributed by atoms with E-state index in [0.717, 1.165) is 28.3 Å². The van der Waals surface area contributed by atoms with Crippen molar-refractivity contribution < 1.29 is 0 Å². The summed E-state index contributed by atoms with van der Waals surface area (Å²) in [6.45, 7) is 2.11. The Morgan fingerprint density at radius 2 is 2.06 bits per heavy atom. The number of fused-ring (bicyclic) bond motifs is 1. The predicted molar refractivity (Wildman–Crippen MR) is 81.3 cm³/mol. The number of aryl methyl sites for hydroxylation is 1. The summed E-state index contributed by atoms with van der Waals surface area (Å²) in [7, 11) is 0. The van der Waals surface area contributed by atoms with Crippen molar-refractivity contribution >= 4 is 55.9 Å². The van der Waals surface area contributed by atoms with Gasteiger partial charge in [0, 0.05) is 9.86 Å². The van der Waals surface area contributed by atoms with Gasteiger partial charge in [0.2, 0.25) is 0 Å². The van der Waals surface area contributed by atoms with E-state index >= 15 is 0 Å². The van der Waals surface area contributed by atoms with Gasteiger partial charge in [-0.1, -0.05) is 36.5 Å². The van der Waals surface area contributed by atoms with Crippen molar-refractivity contribution in [3.05, 3.63) is 32.2 Å². The molecule has 6 heteroatoms. The van der Waals surface area contributed by atoms with Crippen LogP contribution < -0.4 is 11.3 Å². The normalized spacial score (nSPS) is 10.9. The van der Waals surface area contributed by atoms with E-state index in [1.54, 1.807) is 0 Å². The fourth-order valence-corrected chi connectivity index (χ4v) is 2.81. The summed E-state index contributed by atoms with van der Waals surface area (Å²) in [5.41, 5.74) is 4.33. The van der Waals surface area contributed by atoms with Crippen LogP contribution in [0.1, 0.15) is 18.9 Å². The van der Waals surface area contributed by atoms with Crippen LogP contribution in [0.15, 0.2) is 16.6 Å². The Kier molecular flexibility index (Phi) is 4.33. The summed E-state index contributed by atoms with van der Waals surface area (Å²) in [6.07, 6.45) is 1.92. The van der Waals surface area contributed by atoms with Crippen LogP contribution in [0.4, 0.5) is 5.82 Å². The first-order chi connectivity index (χ1) is 8.58. The molecule has 0 bridgehead atoms. The lowest BCUT2D eigenvalue weighted by Gasteiger charge is -2.11. The lowest BCUT2D eigenvalue weighted by Crippen LogP contribution is -2.11. The number of anilines is 1. The molecule has 0 saturated heterocycles. The fourth-order valence-electron chi connectivity index (χ4n) is 1.85. The first-order valence-electron chi connectivity index (χ1n) is 5.52. The van der Waals surface area contributed by atoms with Gasteiger partial charge in [0.05, 0.1) is 15.6 Å². The van der Waals surface area contributed by atoms with E-state index in [4.69, 9.17) is 29.0 Å². The maximum absolute atomic E-state index is 6.20. The number of halogens is 3. The van der Waals surface area contributed by atoms with Crippen molar-refractivity contribution in [1.29, 1.82) is 0 Å². The first-order valence-corrected chi connectivity index (χ1v) is 7.07. The number of hydrogen-bond donors (Lipinski definition) is 2. The summed E-state index contributed by atoms with van der Waals surface area (Å²) in [5, 5.41) is 1.84. The zero-order valence-corrected chi connectivity index (χ0v) is 12.8. The smallest absolute Gasteiger partial charge is 0.143 e. The summed E-state index contributed by atoms with van der Waals surface area (Å²) in [6, 6.07) is 3.95. The number of rotatable bonds is 3. The molecule has 1 aromatic heterocycles. The average molecular weight is 349 g/mol. The number of hydrogen-bond acceptors (Lipinski definition) is 3. The Morgan fingerprint density at radius 3 is 2.67 bits per heavy atom. The van der Waals surface area contributed by atoms with Crippen LogP contribution in [0.5, 0.6) is 0 Å². The van der Waals surface area contributed by atoms with Gasteiger partial charge < -0.3 is 5.43 Å². The minimum Gasteiger partial charge on any atom is -0.308 e. The van der Waals surface area contributed by atoms with Crippen molar-refractivity contribution in [2.45, 2.75) is 19.8 Å².